The molecular weight excluding hydrogens is 204 g/mol. The third kappa shape index (κ3) is 3.24. The van der Waals surface area contributed by atoms with Crippen LogP contribution in [-0.4, -0.2) is 23.6 Å². The molecule has 1 aromatic carbocycles. The molecule has 1 amide bonds. The summed E-state index contributed by atoms with van der Waals surface area (Å²) in [7, 11) is 0. The van der Waals surface area contributed by atoms with E-state index in [1.54, 1.807) is 0 Å². The van der Waals surface area contributed by atoms with Crippen molar-refractivity contribution in [3.8, 4) is 0 Å². The van der Waals surface area contributed by atoms with Crippen molar-refractivity contribution in [1.29, 1.82) is 0 Å². The minimum absolute atomic E-state index is 0.0256. The molecular formula is C12H18N2O2. The molecule has 1 aromatic rings. The molecule has 0 saturated heterocycles. The molecule has 4 heteroatoms. The maximum atomic E-state index is 11.0. The van der Waals surface area contributed by atoms with E-state index < -0.39 is 0 Å². The van der Waals surface area contributed by atoms with Gasteiger partial charge in [0.05, 0.1) is 13.2 Å². The molecule has 0 aliphatic rings. The van der Waals surface area contributed by atoms with E-state index in [4.69, 9.17) is 10.8 Å². The Morgan fingerprint density at radius 2 is 1.94 bits per heavy atom. The number of nitrogens with two attached hydrogens (primary N) is 1. The van der Waals surface area contributed by atoms with Crippen molar-refractivity contribution < 1.29 is 9.90 Å². The van der Waals surface area contributed by atoms with Gasteiger partial charge in [-0.2, -0.15) is 0 Å². The molecule has 0 heterocycles. The number of amides is 1. The van der Waals surface area contributed by atoms with E-state index in [2.05, 4.69) is 0 Å². The monoisotopic (exact) mass is 222 g/mol. The van der Waals surface area contributed by atoms with Crippen molar-refractivity contribution in [3.63, 3.8) is 0 Å². The highest BCUT2D eigenvalue weighted by atomic mass is 16.3. The summed E-state index contributed by atoms with van der Waals surface area (Å²) in [6, 6.07) is 7.65. The van der Waals surface area contributed by atoms with Gasteiger partial charge in [-0.1, -0.05) is 12.1 Å². The number of hydrogen-bond donors (Lipinski definition) is 2. The lowest BCUT2D eigenvalue weighted by atomic mass is 10.2. The average molecular weight is 222 g/mol. The van der Waals surface area contributed by atoms with E-state index in [9.17, 15) is 4.79 Å². The summed E-state index contributed by atoms with van der Waals surface area (Å²) in [6.45, 7) is 4.24. The summed E-state index contributed by atoms with van der Waals surface area (Å²) >= 11 is 0. The third-order valence-corrected chi connectivity index (χ3v) is 2.40. The topological polar surface area (TPSA) is 66.6 Å². The Labute approximate surface area is 95.7 Å². The number of primary amides is 1. The lowest BCUT2D eigenvalue weighted by molar-refractivity contribution is -0.116. The van der Waals surface area contributed by atoms with E-state index in [-0.39, 0.29) is 25.1 Å². The van der Waals surface area contributed by atoms with Crippen LogP contribution in [0.3, 0.4) is 0 Å². The predicted octanol–water partition coefficient (Wildman–Crippen LogP) is 0.879. The van der Waals surface area contributed by atoms with Gasteiger partial charge in [-0.3, -0.25) is 4.79 Å². The van der Waals surface area contributed by atoms with Gasteiger partial charge < -0.3 is 15.7 Å². The minimum atomic E-state index is -0.347. The zero-order valence-corrected chi connectivity index (χ0v) is 9.68. The molecule has 1 rings (SSSR count). The Morgan fingerprint density at radius 3 is 2.31 bits per heavy atom. The van der Waals surface area contributed by atoms with Crippen LogP contribution in [0.4, 0.5) is 5.69 Å². The first-order valence-corrected chi connectivity index (χ1v) is 5.29. The molecule has 0 fully saturated rings. The number of carbonyl (C=O) groups excluding carboxylic acids is 1. The first-order chi connectivity index (χ1) is 7.54. The number of rotatable bonds is 5. The predicted molar refractivity (Wildman–Crippen MR) is 64.0 cm³/mol. The molecule has 0 atom stereocenters. The van der Waals surface area contributed by atoms with Gasteiger partial charge in [-0.15, -0.1) is 0 Å². The van der Waals surface area contributed by atoms with Gasteiger partial charge in [0.2, 0.25) is 5.91 Å². The molecule has 0 aromatic heterocycles. The third-order valence-electron chi connectivity index (χ3n) is 2.40. The second kappa shape index (κ2) is 5.51. The van der Waals surface area contributed by atoms with E-state index >= 15 is 0 Å². The SMILES string of the molecule is CC(C)N(CC(N)=O)c1ccc(CO)cc1. The van der Waals surface area contributed by atoms with Crippen molar-refractivity contribution in [2.24, 2.45) is 5.73 Å². The summed E-state index contributed by atoms with van der Waals surface area (Å²) in [5, 5.41) is 8.93. The Hall–Kier alpha value is -1.55. The van der Waals surface area contributed by atoms with Crippen molar-refractivity contribution in [3.05, 3.63) is 29.8 Å². The van der Waals surface area contributed by atoms with Gasteiger partial charge in [-0.05, 0) is 31.5 Å². The van der Waals surface area contributed by atoms with Crippen LogP contribution in [0.2, 0.25) is 0 Å². The van der Waals surface area contributed by atoms with Crippen molar-refractivity contribution >= 4 is 11.6 Å². The molecule has 0 unspecified atom stereocenters. The Bertz CT molecular complexity index is 347. The first-order valence-electron chi connectivity index (χ1n) is 5.29. The molecule has 4 nitrogen and oxygen atoms in total. The molecule has 16 heavy (non-hydrogen) atoms. The summed E-state index contributed by atoms with van der Waals surface area (Å²) in [5.41, 5.74) is 6.99. The number of carbonyl (C=O) groups is 1. The second-order valence-corrected chi connectivity index (χ2v) is 4.01. The van der Waals surface area contributed by atoms with Crippen molar-refractivity contribution in [2.75, 3.05) is 11.4 Å². The fraction of sp³-hybridized carbons (Fsp3) is 0.417. The molecule has 0 saturated carbocycles. The van der Waals surface area contributed by atoms with E-state index in [0.29, 0.717) is 0 Å². The van der Waals surface area contributed by atoms with E-state index in [0.717, 1.165) is 11.3 Å². The largest absolute Gasteiger partial charge is 0.392 e. The van der Waals surface area contributed by atoms with Crippen LogP contribution in [0.5, 0.6) is 0 Å². The number of benzene rings is 1. The van der Waals surface area contributed by atoms with Gasteiger partial charge in [0.15, 0.2) is 0 Å². The van der Waals surface area contributed by atoms with Crippen LogP contribution < -0.4 is 10.6 Å². The fourth-order valence-corrected chi connectivity index (χ4v) is 1.53. The Morgan fingerprint density at radius 1 is 1.38 bits per heavy atom. The fourth-order valence-electron chi connectivity index (χ4n) is 1.53. The van der Waals surface area contributed by atoms with Crippen LogP contribution >= 0.6 is 0 Å². The van der Waals surface area contributed by atoms with Gasteiger partial charge in [-0.25, -0.2) is 0 Å². The Balaban J connectivity index is 2.88. The number of aliphatic hydroxyl groups is 1. The number of aliphatic hydroxyl groups excluding tert-OH is 1. The van der Waals surface area contributed by atoms with Gasteiger partial charge >= 0.3 is 0 Å². The molecule has 0 radical (unpaired) electrons. The summed E-state index contributed by atoms with van der Waals surface area (Å²) in [5.74, 6) is -0.347. The van der Waals surface area contributed by atoms with Crippen molar-refractivity contribution in [1.82, 2.24) is 0 Å². The summed E-state index contributed by atoms with van der Waals surface area (Å²) in [4.78, 5) is 12.9. The lowest BCUT2D eigenvalue weighted by Gasteiger charge is -2.27. The molecule has 0 spiro atoms. The minimum Gasteiger partial charge on any atom is -0.392 e. The standard InChI is InChI=1S/C12H18N2O2/c1-9(2)14(7-12(13)16)11-5-3-10(8-15)4-6-11/h3-6,9,15H,7-8H2,1-2H3,(H2,13,16). The van der Waals surface area contributed by atoms with Crippen LogP contribution in [-0.2, 0) is 11.4 Å². The van der Waals surface area contributed by atoms with E-state index in [1.807, 2.05) is 43.0 Å². The van der Waals surface area contributed by atoms with Gasteiger partial charge in [0.25, 0.3) is 0 Å². The zero-order valence-electron chi connectivity index (χ0n) is 9.68. The van der Waals surface area contributed by atoms with Crippen LogP contribution in [0.15, 0.2) is 24.3 Å². The number of anilines is 1. The molecule has 3 N–H and O–H groups in total. The Kier molecular flexibility index (Phi) is 4.31. The normalized spacial score (nSPS) is 10.5. The maximum Gasteiger partial charge on any atom is 0.236 e. The van der Waals surface area contributed by atoms with Gasteiger partial charge in [0, 0.05) is 11.7 Å². The number of hydrogen-bond acceptors (Lipinski definition) is 3. The average Bonchev–Trinajstić information content (AvgIpc) is 2.25. The molecule has 88 valence electrons. The maximum absolute atomic E-state index is 11.0. The smallest absolute Gasteiger partial charge is 0.236 e. The molecule has 0 bridgehead atoms. The zero-order chi connectivity index (χ0) is 12.1. The second-order valence-electron chi connectivity index (χ2n) is 4.01. The quantitative estimate of drug-likeness (QED) is 0.777. The summed E-state index contributed by atoms with van der Waals surface area (Å²) < 4.78 is 0. The highest BCUT2D eigenvalue weighted by Gasteiger charge is 2.12. The highest BCUT2D eigenvalue weighted by Crippen LogP contribution is 2.17. The van der Waals surface area contributed by atoms with Crippen LogP contribution in [0, 0.1) is 0 Å². The number of nitrogens with zero attached hydrogens (tertiary/aromatic N) is 1. The van der Waals surface area contributed by atoms with Crippen LogP contribution in [0.1, 0.15) is 19.4 Å². The summed E-state index contributed by atoms with van der Waals surface area (Å²) in [6.07, 6.45) is 0. The lowest BCUT2D eigenvalue weighted by Crippen LogP contribution is -2.38. The highest BCUT2D eigenvalue weighted by molar-refractivity contribution is 5.79. The van der Waals surface area contributed by atoms with E-state index in [1.165, 1.54) is 0 Å². The molecule has 0 aliphatic heterocycles. The molecule has 0 aliphatic carbocycles. The van der Waals surface area contributed by atoms with Crippen LogP contribution in [0.25, 0.3) is 0 Å². The van der Waals surface area contributed by atoms with Gasteiger partial charge in [0.1, 0.15) is 0 Å². The first kappa shape index (κ1) is 12.5. The van der Waals surface area contributed by atoms with Crippen molar-refractivity contribution in [2.45, 2.75) is 26.5 Å².